The summed E-state index contributed by atoms with van der Waals surface area (Å²) in [5, 5.41) is 36.7. The first-order valence-corrected chi connectivity index (χ1v) is 27.2. The number of nitrogens with one attached hydrogen (secondary N) is 2. The second-order valence-electron chi connectivity index (χ2n) is 16.5. The van der Waals surface area contributed by atoms with Crippen LogP contribution in [-0.4, -0.2) is 134 Å². The van der Waals surface area contributed by atoms with Crippen molar-refractivity contribution in [3.63, 3.8) is 0 Å². The highest BCUT2D eigenvalue weighted by molar-refractivity contribution is 8.13. The predicted octanol–water partition coefficient (Wildman–Crippen LogP) is 3.12. The summed E-state index contributed by atoms with van der Waals surface area (Å²) >= 11 is 1.07. The minimum absolute atomic E-state index is 0.0288. The molecule has 8 atom stereocenters. The lowest BCUT2D eigenvalue weighted by molar-refractivity contribution is -0.137. The maximum absolute atomic E-state index is 12.7. The van der Waals surface area contributed by atoms with Gasteiger partial charge in [0.15, 0.2) is 22.8 Å². The first-order valence-electron chi connectivity index (χ1n) is 21.7. The number of carbonyl (C=O) groups is 3. The Morgan fingerprint density at radius 3 is 2.20 bits per heavy atom. The van der Waals surface area contributed by atoms with Crippen molar-refractivity contribution in [2.24, 2.45) is 5.41 Å². The van der Waals surface area contributed by atoms with E-state index in [2.05, 4.69) is 41.3 Å². The molecule has 378 valence electrons. The van der Waals surface area contributed by atoms with Gasteiger partial charge >= 0.3 is 23.5 Å². The molecule has 1 fully saturated rings. The van der Waals surface area contributed by atoms with E-state index in [0.717, 1.165) is 48.2 Å². The Kier molecular flexibility index (Phi) is 24.2. The monoisotopic (exact) mass is 1020 g/mol. The quantitative estimate of drug-likeness (QED) is 0.0362. The van der Waals surface area contributed by atoms with E-state index in [1.807, 2.05) is 0 Å². The number of aliphatic hydroxyl groups excluding tert-OH is 3. The number of nitrogens with zero attached hydrogens (tertiary/aromatic N) is 4. The number of amides is 2. The lowest BCUT2D eigenvalue weighted by atomic mass is 9.87. The molecule has 8 unspecified atom stereocenters. The molecule has 0 bridgehead atoms. The number of aromatic nitrogens is 4. The number of ether oxygens (including phenoxy) is 1. The fourth-order valence-corrected chi connectivity index (χ4v) is 10.2. The van der Waals surface area contributed by atoms with E-state index in [1.165, 1.54) is 58.8 Å². The van der Waals surface area contributed by atoms with Crippen molar-refractivity contribution in [2.45, 2.75) is 147 Å². The van der Waals surface area contributed by atoms with E-state index >= 15 is 0 Å². The van der Waals surface area contributed by atoms with Gasteiger partial charge in [-0.1, -0.05) is 90.3 Å². The van der Waals surface area contributed by atoms with Crippen molar-refractivity contribution in [3.8, 4) is 0 Å². The number of aliphatic hydroxyl groups is 3. The summed E-state index contributed by atoms with van der Waals surface area (Å²) in [6.07, 6.45) is 5.69. The van der Waals surface area contributed by atoms with Gasteiger partial charge in [-0.3, -0.25) is 32.5 Å². The molecule has 2 aromatic heterocycles. The number of fused-ring (bicyclic) bond motifs is 1. The van der Waals surface area contributed by atoms with Crippen molar-refractivity contribution < 1.29 is 85.6 Å². The summed E-state index contributed by atoms with van der Waals surface area (Å²) in [6.45, 7) is 2.66. The van der Waals surface area contributed by atoms with Crippen LogP contribution >= 0.6 is 35.2 Å². The molecule has 0 aromatic carbocycles. The summed E-state index contributed by atoms with van der Waals surface area (Å²) in [5.74, 6) is -1.14. The summed E-state index contributed by atoms with van der Waals surface area (Å²) in [6, 6.07) is 0. The molecule has 0 spiro atoms. The number of nitrogens with two attached hydrogens (primary N) is 1. The second kappa shape index (κ2) is 27.6. The van der Waals surface area contributed by atoms with Gasteiger partial charge in [0.05, 0.1) is 25.6 Å². The number of hydrogen-bond donors (Lipinski definition) is 10. The van der Waals surface area contributed by atoms with Gasteiger partial charge in [0, 0.05) is 37.1 Å². The number of imidazole rings is 1. The number of nitrogen functional groups attached to an aromatic ring is 1. The third-order valence-electron chi connectivity index (χ3n) is 10.3. The zero-order chi connectivity index (χ0) is 49.1. The summed E-state index contributed by atoms with van der Waals surface area (Å²) < 4.78 is 62.4. The number of phosphoric ester groups is 3. The first kappa shape index (κ1) is 57.8. The maximum atomic E-state index is 12.7. The van der Waals surface area contributed by atoms with Crippen molar-refractivity contribution in [2.75, 3.05) is 37.8 Å². The summed E-state index contributed by atoms with van der Waals surface area (Å²) in [5.41, 5.74) is 4.26. The van der Waals surface area contributed by atoms with Crippen LogP contribution in [0.25, 0.3) is 11.2 Å². The average Bonchev–Trinajstić information content (AvgIpc) is 3.79. The molecule has 1 aliphatic heterocycles. The molecular formula is C37H66N7O18P3S. The maximum Gasteiger partial charge on any atom is 0.481 e. The van der Waals surface area contributed by atoms with Gasteiger partial charge in [0.1, 0.15) is 36.3 Å². The van der Waals surface area contributed by atoms with Crippen LogP contribution in [0.2, 0.25) is 0 Å². The molecule has 0 saturated carbocycles. The van der Waals surface area contributed by atoms with E-state index in [9.17, 15) is 63.0 Å². The predicted molar refractivity (Wildman–Crippen MR) is 239 cm³/mol. The minimum Gasteiger partial charge on any atom is -0.393 e. The second-order valence-corrected chi connectivity index (χ2v) is 21.8. The zero-order valence-electron chi connectivity index (χ0n) is 37.3. The molecule has 2 amide bonds. The lowest BCUT2D eigenvalue weighted by Gasteiger charge is -2.30. The SMILES string of the molecule is CCCCCCCCCCCC(O)CCCC(=O)SCCNC(=O)CCNC(=O)C(O)C(C)(C)COP(=O)(O)OP(=O)(O)OCC1OC(n2cnc3c(N)ncnc32)C(O)C1OP(=O)(O)O. The molecule has 3 rings (SSSR count). The molecule has 66 heavy (non-hydrogen) atoms. The van der Waals surface area contributed by atoms with Gasteiger partial charge < -0.3 is 56.0 Å². The van der Waals surface area contributed by atoms with Gasteiger partial charge in [-0.2, -0.15) is 4.31 Å². The van der Waals surface area contributed by atoms with Crippen LogP contribution in [0.5, 0.6) is 0 Å². The fourth-order valence-electron chi connectivity index (χ4n) is 6.68. The van der Waals surface area contributed by atoms with Crippen molar-refractivity contribution in [3.05, 3.63) is 12.7 Å². The number of thioether (sulfide) groups is 1. The van der Waals surface area contributed by atoms with Gasteiger partial charge in [-0.25, -0.2) is 28.6 Å². The number of anilines is 1. The van der Waals surface area contributed by atoms with Crippen LogP contribution < -0.4 is 16.4 Å². The van der Waals surface area contributed by atoms with Crippen molar-refractivity contribution in [1.82, 2.24) is 30.2 Å². The smallest absolute Gasteiger partial charge is 0.393 e. The van der Waals surface area contributed by atoms with Crippen LogP contribution in [0.4, 0.5) is 5.82 Å². The molecule has 25 nitrogen and oxygen atoms in total. The Bertz CT molecular complexity index is 2000. The molecule has 2 aromatic rings. The Morgan fingerprint density at radius 2 is 1.53 bits per heavy atom. The number of unbranched alkanes of at least 4 members (excludes halogenated alkanes) is 8. The van der Waals surface area contributed by atoms with E-state index in [-0.39, 0.29) is 41.6 Å². The number of hydrogen-bond acceptors (Lipinski definition) is 19. The van der Waals surface area contributed by atoms with E-state index in [4.69, 9.17) is 19.5 Å². The summed E-state index contributed by atoms with van der Waals surface area (Å²) in [4.78, 5) is 88.3. The minimum atomic E-state index is -5.58. The Hall–Kier alpha value is -2.48. The number of phosphoric acid groups is 3. The number of rotatable bonds is 33. The lowest BCUT2D eigenvalue weighted by Crippen LogP contribution is -2.46. The van der Waals surface area contributed by atoms with Crippen molar-refractivity contribution >= 4 is 69.1 Å². The van der Waals surface area contributed by atoms with Crippen LogP contribution in [0.15, 0.2) is 12.7 Å². The van der Waals surface area contributed by atoms with E-state index in [1.54, 1.807) is 0 Å². The normalized spacial score (nSPS) is 20.7. The third-order valence-corrected chi connectivity index (χ3v) is 14.4. The van der Waals surface area contributed by atoms with Crippen LogP contribution in [0.1, 0.15) is 117 Å². The highest BCUT2D eigenvalue weighted by Gasteiger charge is 2.50. The summed E-state index contributed by atoms with van der Waals surface area (Å²) in [7, 11) is -16.4. The Balaban J connectivity index is 1.33. The van der Waals surface area contributed by atoms with E-state index < -0.39 is 90.7 Å². The highest BCUT2D eigenvalue weighted by atomic mass is 32.2. The van der Waals surface area contributed by atoms with Crippen molar-refractivity contribution in [1.29, 1.82) is 0 Å². The van der Waals surface area contributed by atoms with Gasteiger partial charge in [0.25, 0.3) is 0 Å². The molecule has 1 saturated heterocycles. The Labute approximate surface area is 387 Å². The molecule has 11 N–H and O–H groups in total. The standard InChI is InChI=1S/C37H66N7O18P3S/c1-4-5-6-7-8-9-10-11-12-14-25(45)15-13-16-28(47)66-20-19-39-27(46)17-18-40-35(50)32(49)37(2,3)22-59-65(56,57)62-64(54,55)58-21-26-31(61-63(51,52)53)30(48)36(60-26)44-24-43-29-33(38)41-23-42-34(29)44/h23-26,30-32,36,45,48-49H,4-22H2,1-3H3,(H,39,46)(H,40,50)(H,54,55)(H,56,57)(H2,38,41,42)(H2,51,52,53). The van der Waals surface area contributed by atoms with E-state index in [0.29, 0.717) is 25.0 Å². The number of carbonyl (C=O) groups excluding carboxylic acids is 3. The molecule has 0 radical (unpaired) electrons. The molecule has 1 aliphatic rings. The fraction of sp³-hybridized carbons (Fsp3) is 0.784. The average molecular weight is 1020 g/mol. The zero-order valence-corrected chi connectivity index (χ0v) is 40.8. The van der Waals surface area contributed by atoms with Gasteiger partial charge in [-0.05, 0) is 19.3 Å². The van der Waals surface area contributed by atoms with Gasteiger partial charge in [-0.15, -0.1) is 0 Å². The largest absolute Gasteiger partial charge is 0.481 e. The first-order chi connectivity index (χ1) is 30.9. The topological polar surface area (TPSA) is 384 Å². The molecule has 29 heteroatoms. The van der Waals surface area contributed by atoms with Crippen LogP contribution in [0, 0.1) is 5.41 Å². The van der Waals surface area contributed by atoms with Crippen LogP contribution in [0.3, 0.4) is 0 Å². The highest BCUT2D eigenvalue weighted by Crippen LogP contribution is 2.61. The molecule has 3 heterocycles. The van der Waals surface area contributed by atoms with Gasteiger partial charge in [0.2, 0.25) is 11.8 Å². The molecule has 0 aliphatic carbocycles. The molecular weight excluding hydrogens is 955 g/mol. The Morgan fingerprint density at radius 1 is 0.894 bits per heavy atom. The third kappa shape index (κ3) is 20.6. The van der Waals surface area contributed by atoms with Crippen LogP contribution in [-0.2, 0) is 50.7 Å².